The van der Waals surface area contributed by atoms with Crippen LogP contribution in [0.25, 0.3) is 0 Å². The first-order valence-electron chi connectivity index (χ1n) is 9.27. The summed E-state index contributed by atoms with van der Waals surface area (Å²) in [5.74, 6) is -0.512. The van der Waals surface area contributed by atoms with Crippen LogP contribution in [-0.4, -0.2) is 34.4 Å². The molecule has 0 radical (unpaired) electrons. The number of hydrogen-bond donors (Lipinski definition) is 0. The van der Waals surface area contributed by atoms with Crippen molar-refractivity contribution in [2.75, 3.05) is 6.61 Å². The van der Waals surface area contributed by atoms with E-state index < -0.39 is 5.97 Å². The van der Waals surface area contributed by atoms with E-state index >= 15 is 0 Å². The number of nitrogens with zero attached hydrogens (tertiary/aromatic N) is 2. The van der Waals surface area contributed by atoms with E-state index in [2.05, 4.69) is 4.98 Å². The highest BCUT2D eigenvalue weighted by atomic mass is 35.5. The zero-order valence-corrected chi connectivity index (χ0v) is 16.9. The number of thiazole rings is 1. The lowest BCUT2D eigenvalue weighted by molar-refractivity contribution is 0.0520. The van der Waals surface area contributed by atoms with Gasteiger partial charge in [-0.05, 0) is 31.9 Å². The molecule has 1 aromatic carbocycles. The molecule has 7 heteroatoms. The van der Waals surface area contributed by atoms with Crippen LogP contribution in [0.3, 0.4) is 0 Å². The maximum Gasteiger partial charge on any atom is 0.357 e. The Bertz CT molecular complexity index is 802. The number of carbonyl (C=O) groups is 2. The minimum atomic E-state index is -0.429. The number of benzene rings is 1. The van der Waals surface area contributed by atoms with Crippen molar-refractivity contribution in [1.29, 1.82) is 0 Å². The van der Waals surface area contributed by atoms with Crippen LogP contribution in [0.15, 0.2) is 29.6 Å². The van der Waals surface area contributed by atoms with E-state index in [0.29, 0.717) is 29.4 Å². The first kappa shape index (κ1) is 19.8. The minimum Gasteiger partial charge on any atom is -0.461 e. The van der Waals surface area contributed by atoms with Gasteiger partial charge in [-0.3, -0.25) is 4.79 Å². The predicted octanol–water partition coefficient (Wildman–Crippen LogP) is 4.95. The van der Waals surface area contributed by atoms with E-state index in [0.717, 1.165) is 30.7 Å². The van der Waals surface area contributed by atoms with Crippen LogP contribution in [0.1, 0.15) is 64.9 Å². The fourth-order valence-corrected chi connectivity index (χ4v) is 4.35. The summed E-state index contributed by atoms with van der Waals surface area (Å²) in [7, 11) is 0. The topological polar surface area (TPSA) is 59.5 Å². The maximum absolute atomic E-state index is 13.2. The number of aromatic nitrogens is 1. The van der Waals surface area contributed by atoms with Crippen molar-refractivity contribution in [3.63, 3.8) is 0 Å². The normalized spacial score (nSPS) is 14.7. The van der Waals surface area contributed by atoms with E-state index in [-0.39, 0.29) is 11.9 Å². The number of hydrogen-bond acceptors (Lipinski definition) is 5. The van der Waals surface area contributed by atoms with E-state index in [9.17, 15) is 9.59 Å². The Morgan fingerprint density at radius 2 is 2.00 bits per heavy atom. The number of esters is 1. The summed E-state index contributed by atoms with van der Waals surface area (Å²) >= 11 is 7.64. The van der Waals surface area contributed by atoms with E-state index in [1.165, 1.54) is 17.8 Å². The molecule has 1 fully saturated rings. The third-order valence-electron chi connectivity index (χ3n) is 4.72. The predicted molar refractivity (Wildman–Crippen MR) is 106 cm³/mol. The fourth-order valence-electron chi connectivity index (χ4n) is 3.38. The van der Waals surface area contributed by atoms with Crippen molar-refractivity contribution < 1.29 is 14.3 Å². The lowest BCUT2D eigenvalue weighted by Crippen LogP contribution is -2.41. The highest BCUT2D eigenvalue weighted by molar-refractivity contribution is 7.09. The molecular formula is C20H23ClN2O3S. The van der Waals surface area contributed by atoms with Crippen molar-refractivity contribution >= 4 is 34.8 Å². The van der Waals surface area contributed by atoms with Crippen LogP contribution in [0.4, 0.5) is 0 Å². The van der Waals surface area contributed by atoms with Crippen LogP contribution in [0, 0.1) is 0 Å². The van der Waals surface area contributed by atoms with Gasteiger partial charge in [0.1, 0.15) is 5.01 Å². The van der Waals surface area contributed by atoms with Crippen LogP contribution in [-0.2, 0) is 11.3 Å². The Balaban J connectivity index is 1.83. The molecule has 1 amide bonds. The number of carbonyl (C=O) groups excluding carboxylic acids is 2. The Hall–Kier alpha value is -1.92. The van der Waals surface area contributed by atoms with Gasteiger partial charge in [0.15, 0.2) is 5.69 Å². The molecule has 2 aromatic rings. The van der Waals surface area contributed by atoms with E-state index in [1.54, 1.807) is 24.4 Å². The molecule has 1 saturated carbocycles. The first-order valence-corrected chi connectivity index (χ1v) is 10.5. The van der Waals surface area contributed by atoms with Crippen LogP contribution in [0.2, 0.25) is 5.02 Å². The number of rotatable bonds is 6. The first-order chi connectivity index (χ1) is 13.1. The summed E-state index contributed by atoms with van der Waals surface area (Å²) in [6.45, 7) is 2.45. The highest BCUT2D eigenvalue weighted by Gasteiger charge is 2.28. The molecule has 0 spiro atoms. The number of amides is 1. The molecule has 1 aliphatic carbocycles. The molecule has 0 atom stereocenters. The maximum atomic E-state index is 13.2. The molecule has 1 aliphatic rings. The second-order valence-electron chi connectivity index (χ2n) is 6.55. The van der Waals surface area contributed by atoms with Crippen LogP contribution >= 0.6 is 22.9 Å². The molecule has 144 valence electrons. The number of halogens is 1. The van der Waals surface area contributed by atoms with Gasteiger partial charge in [-0.1, -0.05) is 43.0 Å². The molecule has 0 unspecified atom stereocenters. The monoisotopic (exact) mass is 406 g/mol. The average molecular weight is 407 g/mol. The zero-order chi connectivity index (χ0) is 19.2. The molecule has 0 bridgehead atoms. The van der Waals surface area contributed by atoms with Gasteiger partial charge in [0, 0.05) is 11.4 Å². The highest BCUT2D eigenvalue weighted by Crippen LogP contribution is 2.28. The van der Waals surface area contributed by atoms with Crippen molar-refractivity contribution in [1.82, 2.24) is 9.88 Å². The van der Waals surface area contributed by atoms with Crippen LogP contribution < -0.4 is 0 Å². The quantitative estimate of drug-likeness (QED) is 0.637. The van der Waals surface area contributed by atoms with Gasteiger partial charge in [-0.2, -0.15) is 0 Å². The summed E-state index contributed by atoms with van der Waals surface area (Å²) in [5, 5.41) is 2.87. The molecule has 1 aromatic heterocycles. The summed E-state index contributed by atoms with van der Waals surface area (Å²) in [5.41, 5.74) is 0.803. The molecular weight excluding hydrogens is 384 g/mol. The Kier molecular flexibility index (Phi) is 6.85. The lowest BCUT2D eigenvalue weighted by atomic mass is 9.93. The Labute approximate surface area is 168 Å². The van der Waals surface area contributed by atoms with Crippen molar-refractivity contribution in [2.45, 2.75) is 51.6 Å². The van der Waals surface area contributed by atoms with Gasteiger partial charge >= 0.3 is 5.97 Å². The standard InChI is InChI=1S/C20H23ClN2O3S/c1-2-26-20(25)17-13-27-18(22-17)12-23(14-8-4-3-5-9-14)19(24)15-10-6-7-11-16(15)21/h6-7,10-11,13-14H,2-5,8-9,12H2,1H3. The summed E-state index contributed by atoms with van der Waals surface area (Å²) in [6.07, 6.45) is 5.39. The van der Waals surface area contributed by atoms with E-state index in [1.807, 2.05) is 17.0 Å². The van der Waals surface area contributed by atoms with Gasteiger partial charge in [0.25, 0.3) is 5.91 Å². The Morgan fingerprint density at radius 1 is 1.26 bits per heavy atom. The summed E-state index contributed by atoms with van der Waals surface area (Å²) in [6, 6.07) is 7.29. The summed E-state index contributed by atoms with van der Waals surface area (Å²) < 4.78 is 5.00. The molecule has 0 aliphatic heterocycles. The Morgan fingerprint density at radius 3 is 2.70 bits per heavy atom. The lowest BCUT2D eigenvalue weighted by Gasteiger charge is -2.34. The molecule has 5 nitrogen and oxygen atoms in total. The summed E-state index contributed by atoms with van der Waals surface area (Å²) in [4.78, 5) is 31.4. The molecule has 0 saturated heterocycles. The molecule has 0 N–H and O–H groups in total. The number of ether oxygens (including phenoxy) is 1. The largest absolute Gasteiger partial charge is 0.461 e. The smallest absolute Gasteiger partial charge is 0.357 e. The second-order valence-corrected chi connectivity index (χ2v) is 7.90. The third-order valence-corrected chi connectivity index (χ3v) is 5.89. The van der Waals surface area contributed by atoms with Gasteiger partial charge in [-0.25, -0.2) is 9.78 Å². The van der Waals surface area contributed by atoms with Gasteiger partial charge in [0.2, 0.25) is 0 Å². The van der Waals surface area contributed by atoms with Gasteiger partial charge in [-0.15, -0.1) is 11.3 Å². The third kappa shape index (κ3) is 4.87. The van der Waals surface area contributed by atoms with Gasteiger partial charge in [0.05, 0.1) is 23.7 Å². The minimum absolute atomic E-state index is 0.0830. The second kappa shape index (κ2) is 9.33. The SMILES string of the molecule is CCOC(=O)c1csc(CN(C(=O)c2ccccc2Cl)C2CCCCC2)n1. The van der Waals surface area contributed by atoms with Crippen molar-refractivity contribution in [3.8, 4) is 0 Å². The fraction of sp³-hybridized carbons (Fsp3) is 0.450. The van der Waals surface area contributed by atoms with Gasteiger partial charge < -0.3 is 9.64 Å². The molecule has 27 heavy (non-hydrogen) atoms. The van der Waals surface area contributed by atoms with Crippen molar-refractivity contribution in [3.05, 3.63) is 50.9 Å². The molecule has 1 heterocycles. The molecule has 3 rings (SSSR count). The van der Waals surface area contributed by atoms with Crippen LogP contribution in [0.5, 0.6) is 0 Å². The van der Waals surface area contributed by atoms with E-state index in [4.69, 9.17) is 16.3 Å². The van der Waals surface area contributed by atoms with Crippen molar-refractivity contribution in [2.24, 2.45) is 0 Å². The zero-order valence-electron chi connectivity index (χ0n) is 15.3. The average Bonchev–Trinajstić information content (AvgIpc) is 3.16.